The number of para-hydroxylation sites is 3. The first kappa shape index (κ1) is 30.6. The maximum Gasteiger partial charge on any atom is 0.0540 e. The molecule has 0 N–H and O–H groups in total. The number of hydrogen-bond acceptors (Lipinski definition) is 2. The van der Waals surface area contributed by atoms with Crippen molar-refractivity contribution in [2.75, 3.05) is 9.80 Å². The summed E-state index contributed by atoms with van der Waals surface area (Å²) in [7, 11) is 0. The predicted octanol–water partition coefficient (Wildman–Crippen LogP) is 13.1. The van der Waals surface area contributed by atoms with Crippen LogP contribution in [0.15, 0.2) is 152 Å². The van der Waals surface area contributed by atoms with Gasteiger partial charge in [0.25, 0.3) is 0 Å². The molecule has 1 aliphatic rings. The van der Waals surface area contributed by atoms with Gasteiger partial charge in [-0.3, -0.25) is 0 Å². The molecule has 0 amide bonds. The van der Waals surface area contributed by atoms with Crippen LogP contribution in [0.5, 0.6) is 0 Å². The van der Waals surface area contributed by atoms with E-state index in [4.69, 9.17) is 6.58 Å². The van der Waals surface area contributed by atoms with Gasteiger partial charge in [-0.1, -0.05) is 132 Å². The average Bonchev–Trinajstić information content (AvgIpc) is 3.34. The SMILES string of the molecule is C=C(C(C)CCCC)N(c1ccccc1)c1cc2c(c3ccccc13)-c1ccc(N(c3ccccc3)c3ccccc3)cc1C2(C)C. The third-order valence-corrected chi connectivity index (χ3v) is 10.0. The van der Waals surface area contributed by atoms with Gasteiger partial charge >= 0.3 is 0 Å². The molecule has 7 rings (SSSR count). The first-order valence-corrected chi connectivity index (χ1v) is 17.1. The van der Waals surface area contributed by atoms with Crippen LogP contribution in [-0.4, -0.2) is 0 Å². The molecule has 234 valence electrons. The van der Waals surface area contributed by atoms with Gasteiger partial charge < -0.3 is 9.80 Å². The molecule has 0 aliphatic heterocycles. The van der Waals surface area contributed by atoms with Gasteiger partial charge in [0.15, 0.2) is 0 Å². The zero-order chi connectivity index (χ0) is 32.5. The molecule has 6 aromatic rings. The Morgan fingerprint density at radius 2 is 1.19 bits per heavy atom. The van der Waals surface area contributed by atoms with Gasteiger partial charge in [-0.2, -0.15) is 0 Å². The van der Waals surface area contributed by atoms with Crippen LogP contribution in [-0.2, 0) is 5.41 Å². The fraction of sp³-hybridized carbons (Fsp3) is 0.200. The van der Waals surface area contributed by atoms with E-state index in [-0.39, 0.29) is 5.41 Å². The molecule has 2 heteroatoms. The van der Waals surface area contributed by atoms with Crippen LogP contribution in [0.25, 0.3) is 21.9 Å². The van der Waals surface area contributed by atoms with Crippen LogP contribution < -0.4 is 9.80 Å². The highest BCUT2D eigenvalue weighted by Gasteiger charge is 2.38. The van der Waals surface area contributed by atoms with Gasteiger partial charge in [0.05, 0.1) is 5.69 Å². The van der Waals surface area contributed by atoms with E-state index < -0.39 is 0 Å². The molecule has 2 nitrogen and oxygen atoms in total. The molecule has 0 radical (unpaired) electrons. The minimum atomic E-state index is -0.212. The van der Waals surface area contributed by atoms with Crippen LogP contribution in [0.1, 0.15) is 58.1 Å². The van der Waals surface area contributed by atoms with Crippen molar-refractivity contribution in [3.63, 3.8) is 0 Å². The van der Waals surface area contributed by atoms with Crippen molar-refractivity contribution in [2.45, 2.75) is 52.4 Å². The Kier molecular flexibility index (Phi) is 8.20. The first-order valence-electron chi connectivity index (χ1n) is 17.1. The third-order valence-electron chi connectivity index (χ3n) is 10.0. The number of allylic oxidation sites excluding steroid dienone is 1. The summed E-state index contributed by atoms with van der Waals surface area (Å²) in [5.41, 5.74) is 12.1. The van der Waals surface area contributed by atoms with E-state index >= 15 is 0 Å². The largest absolute Gasteiger partial charge is 0.314 e. The Balaban J connectivity index is 1.42. The van der Waals surface area contributed by atoms with E-state index in [9.17, 15) is 0 Å². The average molecular weight is 613 g/mol. The van der Waals surface area contributed by atoms with Crippen LogP contribution >= 0.6 is 0 Å². The zero-order valence-electron chi connectivity index (χ0n) is 28.1. The van der Waals surface area contributed by atoms with Crippen LogP contribution in [0.2, 0.25) is 0 Å². The highest BCUT2D eigenvalue weighted by Crippen LogP contribution is 2.55. The summed E-state index contributed by atoms with van der Waals surface area (Å²) < 4.78 is 0. The van der Waals surface area contributed by atoms with Crippen molar-refractivity contribution in [1.82, 2.24) is 0 Å². The molecule has 0 heterocycles. The fourth-order valence-electron chi connectivity index (χ4n) is 7.41. The summed E-state index contributed by atoms with van der Waals surface area (Å²) in [6, 6.07) is 50.6. The highest BCUT2D eigenvalue weighted by molar-refractivity contribution is 6.09. The van der Waals surface area contributed by atoms with Gasteiger partial charge in [0.1, 0.15) is 0 Å². The Labute approximate surface area is 280 Å². The van der Waals surface area contributed by atoms with Crippen LogP contribution in [0.4, 0.5) is 28.4 Å². The number of rotatable bonds is 10. The molecule has 47 heavy (non-hydrogen) atoms. The van der Waals surface area contributed by atoms with Gasteiger partial charge in [0, 0.05) is 39.2 Å². The van der Waals surface area contributed by atoms with Crippen molar-refractivity contribution in [3.8, 4) is 11.1 Å². The Bertz CT molecular complexity index is 1990. The third kappa shape index (κ3) is 5.42. The Hall–Kier alpha value is -5.08. The second-order valence-corrected chi connectivity index (χ2v) is 13.4. The summed E-state index contributed by atoms with van der Waals surface area (Å²) in [6.07, 6.45) is 3.51. The van der Waals surface area contributed by atoms with Crippen molar-refractivity contribution in [1.29, 1.82) is 0 Å². The molecule has 0 saturated carbocycles. The number of nitrogens with zero attached hydrogens (tertiary/aromatic N) is 2. The minimum absolute atomic E-state index is 0.212. The maximum atomic E-state index is 4.75. The molecule has 0 aromatic heterocycles. The van der Waals surface area contributed by atoms with E-state index in [1.54, 1.807) is 0 Å². The molecule has 0 fully saturated rings. The standard InChI is InChI=1S/C45H44N2/c1-6-7-19-32(2)33(3)46(34-20-11-8-12-21-34)43-31-42-44(39-27-18-17-26-38(39)43)40-29-28-37(30-41(40)45(42,4)5)47(35-22-13-9-14-23-35)36-24-15-10-16-25-36/h8-18,20-32H,3,6-7,19H2,1-2,4-5H3. The minimum Gasteiger partial charge on any atom is -0.314 e. The van der Waals surface area contributed by atoms with E-state index in [1.807, 2.05) is 0 Å². The number of anilines is 5. The molecule has 1 unspecified atom stereocenters. The van der Waals surface area contributed by atoms with Crippen LogP contribution in [0, 0.1) is 5.92 Å². The lowest BCUT2D eigenvalue weighted by Gasteiger charge is -2.33. The summed E-state index contributed by atoms with van der Waals surface area (Å²) in [6.45, 7) is 14.1. The molecule has 1 aliphatic carbocycles. The number of benzene rings is 6. The topological polar surface area (TPSA) is 6.48 Å². The first-order chi connectivity index (χ1) is 22.9. The highest BCUT2D eigenvalue weighted by atomic mass is 15.2. The van der Waals surface area contributed by atoms with E-state index in [2.05, 4.69) is 177 Å². The van der Waals surface area contributed by atoms with Crippen molar-refractivity contribution in [2.24, 2.45) is 5.92 Å². The number of fused-ring (bicyclic) bond motifs is 5. The smallest absolute Gasteiger partial charge is 0.0540 e. The van der Waals surface area contributed by atoms with E-state index in [0.29, 0.717) is 5.92 Å². The molecule has 6 aromatic carbocycles. The van der Waals surface area contributed by atoms with Gasteiger partial charge in [-0.05, 0) is 94.6 Å². The lowest BCUT2D eigenvalue weighted by Crippen LogP contribution is -2.22. The zero-order valence-corrected chi connectivity index (χ0v) is 28.1. The number of unbranched alkanes of at least 4 members (excludes halogenated alkanes) is 1. The Morgan fingerprint density at radius 1 is 0.638 bits per heavy atom. The van der Waals surface area contributed by atoms with Crippen LogP contribution in [0.3, 0.4) is 0 Å². The van der Waals surface area contributed by atoms with E-state index in [0.717, 1.165) is 34.9 Å². The van der Waals surface area contributed by atoms with Gasteiger partial charge in [0.2, 0.25) is 0 Å². The summed E-state index contributed by atoms with van der Waals surface area (Å²) in [4.78, 5) is 4.79. The molecule has 1 atom stereocenters. The second kappa shape index (κ2) is 12.6. The molecular formula is C45H44N2. The lowest BCUT2D eigenvalue weighted by molar-refractivity contribution is 0.566. The maximum absolute atomic E-state index is 4.75. The van der Waals surface area contributed by atoms with Crippen molar-refractivity contribution < 1.29 is 0 Å². The molecular weight excluding hydrogens is 569 g/mol. The quantitative estimate of drug-likeness (QED) is 0.152. The van der Waals surface area contributed by atoms with Gasteiger partial charge in [-0.25, -0.2) is 0 Å². The molecule has 0 bridgehead atoms. The Morgan fingerprint density at radius 3 is 1.79 bits per heavy atom. The molecule has 0 spiro atoms. The monoisotopic (exact) mass is 612 g/mol. The second-order valence-electron chi connectivity index (χ2n) is 13.4. The lowest BCUT2D eigenvalue weighted by atomic mass is 9.81. The normalized spacial score (nSPS) is 13.5. The van der Waals surface area contributed by atoms with Crippen molar-refractivity contribution >= 4 is 39.2 Å². The molecule has 0 saturated heterocycles. The predicted molar refractivity (Wildman–Crippen MR) is 203 cm³/mol. The van der Waals surface area contributed by atoms with Crippen molar-refractivity contribution in [3.05, 3.63) is 163 Å². The summed E-state index contributed by atoms with van der Waals surface area (Å²) in [5, 5.41) is 2.54. The fourth-order valence-corrected chi connectivity index (χ4v) is 7.41. The van der Waals surface area contributed by atoms with E-state index in [1.165, 1.54) is 51.6 Å². The summed E-state index contributed by atoms with van der Waals surface area (Å²) in [5.74, 6) is 0.358. The summed E-state index contributed by atoms with van der Waals surface area (Å²) >= 11 is 0. The van der Waals surface area contributed by atoms with Gasteiger partial charge in [-0.15, -0.1) is 0 Å². The number of hydrogen-bond donors (Lipinski definition) is 0.